The molecular weight excluding hydrogens is 352 g/mol. The van der Waals surface area contributed by atoms with Crippen LogP contribution < -0.4 is 10.1 Å². The molecule has 138 valence electrons. The van der Waals surface area contributed by atoms with E-state index < -0.39 is 23.9 Å². The molecule has 0 aliphatic carbocycles. The Kier molecular flexibility index (Phi) is 5.16. The molecule has 27 heavy (non-hydrogen) atoms. The van der Waals surface area contributed by atoms with Crippen molar-refractivity contribution < 1.29 is 28.6 Å². The second-order valence-electron chi connectivity index (χ2n) is 5.84. The van der Waals surface area contributed by atoms with Gasteiger partial charge in [-0.15, -0.1) is 0 Å². The number of aliphatic carboxylic acids is 1. The zero-order valence-corrected chi connectivity index (χ0v) is 14.3. The van der Waals surface area contributed by atoms with Crippen LogP contribution in [0.25, 0.3) is 11.1 Å². The summed E-state index contributed by atoms with van der Waals surface area (Å²) in [6.07, 6.45) is 1.35. The normalized spacial score (nSPS) is 11.7. The van der Waals surface area contributed by atoms with Crippen molar-refractivity contribution in [1.82, 2.24) is 10.3 Å². The number of rotatable bonds is 6. The van der Waals surface area contributed by atoms with Crippen LogP contribution >= 0.6 is 0 Å². The molecule has 1 heterocycles. The van der Waals surface area contributed by atoms with Gasteiger partial charge in [-0.2, -0.15) is 0 Å². The Labute approximate surface area is 153 Å². The number of carbonyl (C=O) groups is 3. The number of hydrogen-bond donors (Lipinski definition) is 2. The van der Waals surface area contributed by atoms with Crippen LogP contribution in [-0.4, -0.2) is 34.0 Å². The number of nitrogens with one attached hydrogen (secondary N) is 1. The van der Waals surface area contributed by atoms with Crippen LogP contribution in [0.2, 0.25) is 0 Å². The van der Waals surface area contributed by atoms with Gasteiger partial charge in [0.25, 0.3) is 5.91 Å². The van der Waals surface area contributed by atoms with Gasteiger partial charge in [0.1, 0.15) is 17.3 Å². The molecule has 1 aromatic heterocycles. The van der Waals surface area contributed by atoms with E-state index in [-0.39, 0.29) is 12.0 Å². The second kappa shape index (κ2) is 7.69. The van der Waals surface area contributed by atoms with E-state index >= 15 is 0 Å². The number of oxazole rings is 1. The fraction of sp³-hybridized carbons (Fsp3) is 0.158. The van der Waals surface area contributed by atoms with Crippen molar-refractivity contribution in [3.05, 3.63) is 60.0 Å². The molecule has 1 amide bonds. The summed E-state index contributed by atoms with van der Waals surface area (Å²) in [5.74, 6) is -1.76. The number of carbonyl (C=O) groups excluding carboxylic acids is 2. The smallest absolute Gasteiger partial charge is 0.326 e. The van der Waals surface area contributed by atoms with Crippen LogP contribution in [-0.2, 0) is 16.0 Å². The molecule has 0 spiro atoms. The number of nitrogens with zero attached hydrogens (tertiary/aromatic N) is 1. The van der Waals surface area contributed by atoms with Gasteiger partial charge in [-0.05, 0) is 35.9 Å². The molecule has 3 aromatic rings. The van der Waals surface area contributed by atoms with Crippen molar-refractivity contribution in [1.29, 1.82) is 0 Å². The van der Waals surface area contributed by atoms with Crippen LogP contribution in [0, 0.1) is 0 Å². The number of carboxylic acids is 1. The zero-order valence-electron chi connectivity index (χ0n) is 14.3. The van der Waals surface area contributed by atoms with Gasteiger partial charge in [0.05, 0.1) is 0 Å². The third-order valence-corrected chi connectivity index (χ3v) is 3.82. The van der Waals surface area contributed by atoms with Crippen molar-refractivity contribution in [3.63, 3.8) is 0 Å². The molecule has 1 atom stereocenters. The number of fused-ring (bicyclic) bond motifs is 1. The van der Waals surface area contributed by atoms with E-state index in [1.807, 2.05) is 0 Å². The lowest BCUT2D eigenvalue weighted by atomic mass is 10.1. The summed E-state index contributed by atoms with van der Waals surface area (Å²) in [6.45, 7) is 1.29. The molecule has 3 rings (SSSR count). The van der Waals surface area contributed by atoms with E-state index in [2.05, 4.69) is 10.3 Å². The molecule has 0 fully saturated rings. The first-order valence-electron chi connectivity index (χ1n) is 8.06. The number of benzene rings is 2. The molecule has 0 aliphatic heterocycles. The number of ether oxygens (including phenoxy) is 1. The van der Waals surface area contributed by atoms with Crippen molar-refractivity contribution in [2.24, 2.45) is 0 Å². The fourth-order valence-corrected chi connectivity index (χ4v) is 2.54. The summed E-state index contributed by atoms with van der Waals surface area (Å²) in [6, 6.07) is 9.96. The number of esters is 1. The van der Waals surface area contributed by atoms with E-state index in [9.17, 15) is 19.5 Å². The highest BCUT2D eigenvalue weighted by atomic mass is 16.5. The largest absolute Gasteiger partial charge is 0.480 e. The van der Waals surface area contributed by atoms with Crippen LogP contribution in [0.4, 0.5) is 0 Å². The average molecular weight is 368 g/mol. The highest BCUT2D eigenvalue weighted by Crippen LogP contribution is 2.16. The maximum atomic E-state index is 12.4. The van der Waals surface area contributed by atoms with Crippen LogP contribution in [0.5, 0.6) is 5.75 Å². The third kappa shape index (κ3) is 4.49. The molecule has 1 unspecified atom stereocenters. The Hall–Kier alpha value is -3.68. The number of aromatic nitrogens is 1. The van der Waals surface area contributed by atoms with E-state index in [1.54, 1.807) is 30.3 Å². The molecule has 8 nitrogen and oxygen atoms in total. The minimum Gasteiger partial charge on any atom is -0.480 e. The Balaban J connectivity index is 1.70. The predicted molar refractivity (Wildman–Crippen MR) is 94.4 cm³/mol. The molecule has 0 bridgehead atoms. The maximum absolute atomic E-state index is 12.4. The lowest BCUT2D eigenvalue weighted by Crippen LogP contribution is -2.42. The standard InChI is InChI=1S/C19H16N2O6/c1-11(22)27-14-5-2-12(3-6-14)8-16(19(24)25)21-18(23)13-4-7-17-15(9-13)20-10-26-17/h2-7,9-10,16H,8H2,1H3,(H,21,23)(H,24,25). The topological polar surface area (TPSA) is 119 Å². The summed E-state index contributed by atoms with van der Waals surface area (Å²) in [5, 5.41) is 11.9. The van der Waals surface area contributed by atoms with Gasteiger partial charge in [-0.3, -0.25) is 9.59 Å². The summed E-state index contributed by atoms with van der Waals surface area (Å²) in [4.78, 5) is 38.8. The first-order valence-corrected chi connectivity index (χ1v) is 8.06. The van der Waals surface area contributed by atoms with Crippen molar-refractivity contribution >= 4 is 28.9 Å². The molecule has 8 heteroatoms. The molecule has 0 saturated carbocycles. The van der Waals surface area contributed by atoms with Gasteiger partial charge in [-0.25, -0.2) is 9.78 Å². The maximum Gasteiger partial charge on any atom is 0.326 e. The molecule has 0 aliphatic rings. The van der Waals surface area contributed by atoms with E-state index in [0.29, 0.717) is 22.4 Å². The van der Waals surface area contributed by atoms with Gasteiger partial charge in [0.2, 0.25) is 0 Å². The van der Waals surface area contributed by atoms with E-state index in [0.717, 1.165) is 0 Å². The molecule has 0 radical (unpaired) electrons. The molecule has 2 N–H and O–H groups in total. The highest BCUT2D eigenvalue weighted by molar-refractivity contribution is 5.98. The summed E-state index contributed by atoms with van der Waals surface area (Å²) >= 11 is 0. The minimum absolute atomic E-state index is 0.0770. The summed E-state index contributed by atoms with van der Waals surface area (Å²) in [7, 11) is 0. The lowest BCUT2D eigenvalue weighted by Gasteiger charge is -2.15. The average Bonchev–Trinajstić information content (AvgIpc) is 3.09. The SMILES string of the molecule is CC(=O)Oc1ccc(CC(NC(=O)c2ccc3ocnc3c2)C(=O)O)cc1. The summed E-state index contributed by atoms with van der Waals surface area (Å²) in [5.41, 5.74) is 2.00. The number of hydrogen-bond acceptors (Lipinski definition) is 6. The number of carboxylic acid groups (broad SMARTS) is 1. The Morgan fingerprint density at radius 3 is 2.59 bits per heavy atom. The van der Waals surface area contributed by atoms with Crippen LogP contribution in [0.1, 0.15) is 22.8 Å². The van der Waals surface area contributed by atoms with Crippen molar-refractivity contribution in [2.45, 2.75) is 19.4 Å². The Morgan fingerprint density at radius 2 is 1.93 bits per heavy atom. The molecule has 0 saturated heterocycles. The van der Waals surface area contributed by atoms with Gasteiger partial charge < -0.3 is 19.6 Å². The predicted octanol–water partition coefficient (Wildman–Crippen LogP) is 2.18. The van der Waals surface area contributed by atoms with Crippen molar-refractivity contribution in [2.75, 3.05) is 0 Å². The molecular formula is C19H16N2O6. The van der Waals surface area contributed by atoms with Gasteiger partial charge in [-0.1, -0.05) is 12.1 Å². The first-order chi connectivity index (χ1) is 12.9. The van der Waals surface area contributed by atoms with Gasteiger partial charge in [0, 0.05) is 18.9 Å². The monoisotopic (exact) mass is 368 g/mol. The Bertz CT molecular complexity index is 993. The lowest BCUT2D eigenvalue weighted by molar-refractivity contribution is -0.139. The first kappa shape index (κ1) is 18.1. The minimum atomic E-state index is -1.16. The van der Waals surface area contributed by atoms with Crippen LogP contribution in [0.3, 0.4) is 0 Å². The fourth-order valence-electron chi connectivity index (χ4n) is 2.54. The summed E-state index contributed by atoms with van der Waals surface area (Å²) < 4.78 is 10.1. The number of amides is 1. The van der Waals surface area contributed by atoms with Gasteiger partial charge >= 0.3 is 11.9 Å². The Morgan fingerprint density at radius 1 is 1.19 bits per heavy atom. The van der Waals surface area contributed by atoms with Crippen LogP contribution in [0.15, 0.2) is 53.3 Å². The third-order valence-electron chi connectivity index (χ3n) is 3.82. The van der Waals surface area contributed by atoms with E-state index in [4.69, 9.17) is 9.15 Å². The van der Waals surface area contributed by atoms with Crippen molar-refractivity contribution in [3.8, 4) is 5.75 Å². The van der Waals surface area contributed by atoms with E-state index in [1.165, 1.54) is 25.5 Å². The van der Waals surface area contributed by atoms with Gasteiger partial charge in [0.15, 0.2) is 12.0 Å². The second-order valence-corrected chi connectivity index (χ2v) is 5.84. The quantitative estimate of drug-likeness (QED) is 0.505. The molecule has 2 aromatic carbocycles. The zero-order chi connectivity index (χ0) is 19.4. The highest BCUT2D eigenvalue weighted by Gasteiger charge is 2.21.